The average Bonchev–Trinajstić information content (AvgIpc) is 3.19. The zero-order valence-corrected chi connectivity index (χ0v) is 11.9. The maximum atomic E-state index is 4.62. The van der Waals surface area contributed by atoms with Crippen molar-refractivity contribution in [3.8, 4) is 0 Å². The van der Waals surface area contributed by atoms with Crippen LogP contribution in [0.4, 0.5) is 0 Å². The third-order valence-corrected chi connectivity index (χ3v) is 4.34. The first-order chi connectivity index (χ1) is 9.79. The Labute approximate surface area is 119 Å². The van der Waals surface area contributed by atoms with Crippen LogP contribution in [0.5, 0.6) is 0 Å². The monoisotopic (exact) mass is 268 g/mol. The van der Waals surface area contributed by atoms with Crippen LogP contribution in [0.15, 0.2) is 18.2 Å². The summed E-state index contributed by atoms with van der Waals surface area (Å²) >= 11 is 0. The van der Waals surface area contributed by atoms with Gasteiger partial charge in [0.2, 0.25) is 0 Å². The molecule has 20 heavy (non-hydrogen) atoms. The lowest BCUT2D eigenvalue weighted by molar-refractivity contribution is 0.241. The zero-order chi connectivity index (χ0) is 13.5. The smallest absolute Gasteiger partial charge is 0.0700 e. The third-order valence-electron chi connectivity index (χ3n) is 4.34. The summed E-state index contributed by atoms with van der Waals surface area (Å²) in [6.07, 6.45) is 3.72. The molecule has 4 nitrogen and oxygen atoms in total. The molecule has 2 aliphatic rings. The SMILES string of the molecule is Cc1cccc(CN2CCc3[nH]nc(C4CC4)c3C2)n1. The van der Waals surface area contributed by atoms with Crippen molar-refractivity contribution in [2.24, 2.45) is 0 Å². The lowest BCUT2D eigenvalue weighted by Crippen LogP contribution is -2.30. The lowest BCUT2D eigenvalue weighted by atomic mass is 10.0. The molecule has 0 amide bonds. The van der Waals surface area contributed by atoms with Crippen molar-refractivity contribution in [3.63, 3.8) is 0 Å². The molecule has 1 aliphatic heterocycles. The molecule has 1 N–H and O–H groups in total. The van der Waals surface area contributed by atoms with Gasteiger partial charge in [-0.3, -0.25) is 15.0 Å². The summed E-state index contributed by atoms with van der Waals surface area (Å²) in [6, 6.07) is 6.28. The van der Waals surface area contributed by atoms with Crippen LogP contribution in [0.3, 0.4) is 0 Å². The Bertz CT molecular complexity index is 627. The average molecular weight is 268 g/mol. The Morgan fingerprint density at radius 3 is 3.05 bits per heavy atom. The Morgan fingerprint density at radius 2 is 2.25 bits per heavy atom. The number of pyridine rings is 1. The maximum Gasteiger partial charge on any atom is 0.0700 e. The highest BCUT2D eigenvalue weighted by Gasteiger charge is 2.32. The Morgan fingerprint density at radius 1 is 1.35 bits per heavy atom. The summed E-state index contributed by atoms with van der Waals surface area (Å²) in [7, 11) is 0. The Hall–Kier alpha value is -1.68. The van der Waals surface area contributed by atoms with Gasteiger partial charge in [-0.2, -0.15) is 5.10 Å². The predicted octanol–water partition coefficient (Wildman–Crippen LogP) is 2.55. The molecule has 4 rings (SSSR count). The predicted molar refractivity (Wildman–Crippen MR) is 77.4 cm³/mol. The minimum atomic E-state index is 0.729. The number of nitrogens with zero attached hydrogens (tertiary/aromatic N) is 3. The van der Waals surface area contributed by atoms with Gasteiger partial charge in [0.15, 0.2) is 0 Å². The van der Waals surface area contributed by atoms with Gasteiger partial charge in [0.25, 0.3) is 0 Å². The minimum absolute atomic E-state index is 0.729. The van der Waals surface area contributed by atoms with Gasteiger partial charge < -0.3 is 0 Å². The van der Waals surface area contributed by atoms with Crippen LogP contribution in [-0.2, 0) is 19.5 Å². The fourth-order valence-corrected chi connectivity index (χ4v) is 3.12. The summed E-state index contributed by atoms with van der Waals surface area (Å²) in [5, 5.41) is 7.80. The summed E-state index contributed by atoms with van der Waals surface area (Å²) in [5.41, 5.74) is 6.43. The number of hydrogen-bond acceptors (Lipinski definition) is 3. The van der Waals surface area contributed by atoms with Crippen molar-refractivity contribution in [1.29, 1.82) is 0 Å². The Balaban J connectivity index is 1.52. The minimum Gasteiger partial charge on any atom is -0.293 e. The first kappa shape index (κ1) is 12.1. The van der Waals surface area contributed by atoms with Crippen LogP contribution in [0.25, 0.3) is 0 Å². The summed E-state index contributed by atoms with van der Waals surface area (Å²) in [5.74, 6) is 0.729. The Kier molecular flexibility index (Phi) is 2.84. The number of fused-ring (bicyclic) bond motifs is 1. The van der Waals surface area contributed by atoms with Crippen LogP contribution < -0.4 is 0 Å². The van der Waals surface area contributed by atoms with Crippen molar-refractivity contribution in [2.75, 3.05) is 6.54 Å². The van der Waals surface area contributed by atoms with Crippen molar-refractivity contribution < 1.29 is 0 Å². The summed E-state index contributed by atoms with van der Waals surface area (Å²) in [4.78, 5) is 7.11. The van der Waals surface area contributed by atoms with Gasteiger partial charge in [-0.15, -0.1) is 0 Å². The molecule has 0 saturated heterocycles. The molecule has 0 unspecified atom stereocenters. The second-order valence-electron chi connectivity index (χ2n) is 6.07. The van der Waals surface area contributed by atoms with Crippen molar-refractivity contribution in [2.45, 2.75) is 45.2 Å². The van der Waals surface area contributed by atoms with E-state index in [1.165, 1.54) is 35.5 Å². The molecule has 3 heterocycles. The summed E-state index contributed by atoms with van der Waals surface area (Å²) < 4.78 is 0. The standard InChI is InChI=1S/C16H20N4/c1-11-3-2-4-13(17-11)9-20-8-7-15-14(10-20)16(19-18-15)12-5-6-12/h2-4,12H,5-10H2,1H3,(H,18,19). The fraction of sp³-hybridized carbons (Fsp3) is 0.500. The van der Waals surface area contributed by atoms with Gasteiger partial charge in [0.05, 0.1) is 11.4 Å². The van der Waals surface area contributed by atoms with Gasteiger partial charge in [0, 0.05) is 48.9 Å². The first-order valence-corrected chi connectivity index (χ1v) is 7.50. The molecule has 0 spiro atoms. The van der Waals surface area contributed by atoms with Gasteiger partial charge in [0.1, 0.15) is 0 Å². The second-order valence-corrected chi connectivity index (χ2v) is 6.07. The number of aromatic amines is 1. The fourth-order valence-electron chi connectivity index (χ4n) is 3.12. The van der Waals surface area contributed by atoms with E-state index >= 15 is 0 Å². The highest BCUT2D eigenvalue weighted by molar-refractivity contribution is 5.32. The number of hydrogen-bond donors (Lipinski definition) is 1. The molecule has 4 heteroatoms. The van der Waals surface area contributed by atoms with Crippen molar-refractivity contribution in [3.05, 3.63) is 46.5 Å². The normalized spacial score (nSPS) is 19.1. The van der Waals surface area contributed by atoms with Crippen molar-refractivity contribution in [1.82, 2.24) is 20.1 Å². The van der Waals surface area contributed by atoms with E-state index in [1.807, 2.05) is 0 Å². The number of aryl methyl sites for hydroxylation is 1. The van der Waals surface area contributed by atoms with E-state index in [2.05, 4.69) is 45.2 Å². The lowest BCUT2D eigenvalue weighted by Gasteiger charge is -2.26. The van der Waals surface area contributed by atoms with E-state index in [-0.39, 0.29) is 0 Å². The van der Waals surface area contributed by atoms with E-state index in [9.17, 15) is 0 Å². The second kappa shape index (κ2) is 4.70. The topological polar surface area (TPSA) is 44.8 Å². The van der Waals surface area contributed by atoms with Crippen LogP contribution in [0.2, 0.25) is 0 Å². The summed E-state index contributed by atoms with van der Waals surface area (Å²) in [6.45, 7) is 5.11. The van der Waals surface area contributed by atoms with E-state index in [1.54, 1.807) is 0 Å². The highest BCUT2D eigenvalue weighted by Crippen LogP contribution is 2.42. The van der Waals surface area contributed by atoms with E-state index in [4.69, 9.17) is 0 Å². The third kappa shape index (κ3) is 2.24. The number of aromatic nitrogens is 3. The molecule has 2 aromatic rings. The molecule has 0 atom stereocenters. The highest BCUT2D eigenvalue weighted by atomic mass is 15.2. The van der Waals surface area contributed by atoms with E-state index in [0.717, 1.165) is 37.7 Å². The van der Waals surface area contributed by atoms with Gasteiger partial charge >= 0.3 is 0 Å². The molecule has 2 aromatic heterocycles. The molecule has 0 radical (unpaired) electrons. The van der Waals surface area contributed by atoms with Gasteiger partial charge in [-0.25, -0.2) is 0 Å². The van der Waals surface area contributed by atoms with E-state index < -0.39 is 0 Å². The van der Waals surface area contributed by atoms with Crippen LogP contribution in [0, 0.1) is 6.92 Å². The molecule has 1 saturated carbocycles. The zero-order valence-electron chi connectivity index (χ0n) is 11.9. The molecular weight excluding hydrogens is 248 g/mol. The molecule has 1 aliphatic carbocycles. The van der Waals surface area contributed by atoms with Gasteiger partial charge in [-0.05, 0) is 31.9 Å². The molecule has 1 fully saturated rings. The maximum absolute atomic E-state index is 4.62. The number of H-pyrrole nitrogens is 1. The van der Waals surface area contributed by atoms with Crippen LogP contribution in [0.1, 0.15) is 47.1 Å². The number of nitrogens with one attached hydrogen (secondary N) is 1. The van der Waals surface area contributed by atoms with Crippen molar-refractivity contribution >= 4 is 0 Å². The molecular formula is C16H20N4. The van der Waals surface area contributed by atoms with Gasteiger partial charge in [-0.1, -0.05) is 6.07 Å². The molecule has 0 bridgehead atoms. The van der Waals surface area contributed by atoms with E-state index in [0.29, 0.717) is 0 Å². The number of rotatable bonds is 3. The van der Waals surface area contributed by atoms with Crippen LogP contribution >= 0.6 is 0 Å². The first-order valence-electron chi connectivity index (χ1n) is 7.50. The quantitative estimate of drug-likeness (QED) is 0.930. The largest absolute Gasteiger partial charge is 0.293 e. The van der Waals surface area contributed by atoms with Crippen LogP contribution in [-0.4, -0.2) is 26.6 Å². The molecule has 104 valence electrons. The molecule has 0 aromatic carbocycles.